The Bertz CT molecular complexity index is 1330. The van der Waals surface area contributed by atoms with Gasteiger partial charge in [0.05, 0.1) is 15.4 Å². The van der Waals surface area contributed by atoms with Gasteiger partial charge >= 0.3 is 12.1 Å². The molecule has 4 rings (SSSR count). The minimum Gasteiger partial charge on any atom is -0.475 e. The van der Waals surface area contributed by atoms with E-state index in [0.717, 1.165) is 0 Å². The number of nitrogens with one attached hydrogen (secondary N) is 2. The minimum absolute atomic E-state index is 0.319. The van der Waals surface area contributed by atoms with Gasteiger partial charge in [-0.25, -0.2) is 14.8 Å². The van der Waals surface area contributed by atoms with Crippen LogP contribution in [0.4, 0.5) is 18.9 Å². The van der Waals surface area contributed by atoms with E-state index in [1.165, 1.54) is 6.20 Å². The number of hydrogen-bond donors (Lipinski definition) is 3. The number of carbonyl (C=O) groups excluding carboxylic acids is 1. The number of carbonyl (C=O) groups is 2. The van der Waals surface area contributed by atoms with Crippen molar-refractivity contribution in [3.05, 3.63) is 70.6 Å². The lowest BCUT2D eigenvalue weighted by Crippen LogP contribution is -2.21. The van der Waals surface area contributed by atoms with Crippen molar-refractivity contribution in [3.63, 3.8) is 0 Å². The van der Waals surface area contributed by atoms with Gasteiger partial charge in [0.25, 0.3) is 5.91 Å². The first-order valence-electron chi connectivity index (χ1n) is 9.04. The number of fused-ring (bicyclic) bond motifs is 1. The maximum atomic E-state index is 12.5. The summed E-state index contributed by atoms with van der Waals surface area (Å²) < 4.78 is 37.4. The zero-order chi connectivity index (χ0) is 24.9. The van der Waals surface area contributed by atoms with Gasteiger partial charge in [-0.2, -0.15) is 18.3 Å². The van der Waals surface area contributed by atoms with Crippen molar-refractivity contribution in [2.45, 2.75) is 6.18 Å². The van der Waals surface area contributed by atoms with E-state index in [4.69, 9.17) is 37.8 Å². The number of hydrogen-bond acceptors (Lipinski definition) is 6. The SMILES string of the molecule is O=C(Nc1ccc(Oc2ccc(Cl)cn2)c(Cl)c1)c1[nH]nc2ncccc12.O=C(O)C(F)(F)F. The summed E-state index contributed by atoms with van der Waals surface area (Å²) in [7, 11) is 0. The van der Waals surface area contributed by atoms with Gasteiger partial charge in [-0.1, -0.05) is 23.2 Å². The van der Waals surface area contributed by atoms with Crippen LogP contribution in [0.2, 0.25) is 10.0 Å². The van der Waals surface area contributed by atoms with Crippen molar-refractivity contribution in [1.82, 2.24) is 20.2 Å². The van der Waals surface area contributed by atoms with Gasteiger partial charge in [0, 0.05) is 24.1 Å². The van der Waals surface area contributed by atoms with Crippen molar-refractivity contribution in [2.24, 2.45) is 0 Å². The number of rotatable bonds is 4. The molecule has 3 heterocycles. The minimum atomic E-state index is -5.08. The number of ether oxygens (including phenoxy) is 1. The van der Waals surface area contributed by atoms with Gasteiger partial charge in [-0.05, 0) is 36.4 Å². The third-order valence-electron chi connectivity index (χ3n) is 3.90. The highest BCUT2D eigenvalue weighted by atomic mass is 35.5. The summed E-state index contributed by atoms with van der Waals surface area (Å²) in [6.07, 6.45) is -2.00. The topological polar surface area (TPSA) is 130 Å². The molecule has 0 radical (unpaired) electrons. The number of carboxylic acid groups (broad SMARTS) is 1. The zero-order valence-corrected chi connectivity index (χ0v) is 18.1. The molecule has 14 heteroatoms. The molecule has 0 bridgehead atoms. The summed E-state index contributed by atoms with van der Waals surface area (Å²) in [6.45, 7) is 0. The predicted octanol–water partition coefficient (Wildman–Crippen LogP) is 5.34. The Kier molecular flexibility index (Phi) is 7.54. The van der Waals surface area contributed by atoms with E-state index in [2.05, 4.69) is 25.5 Å². The molecule has 0 aliphatic heterocycles. The maximum Gasteiger partial charge on any atom is 0.490 e. The van der Waals surface area contributed by atoms with Crippen molar-refractivity contribution < 1.29 is 32.6 Å². The second-order valence-electron chi connectivity index (χ2n) is 6.29. The maximum absolute atomic E-state index is 12.5. The third-order valence-corrected chi connectivity index (χ3v) is 4.42. The number of amides is 1. The van der Waals surface area contributed by atoms with Gasteiger partial charge in [0.15, 0.2) is 5.65 Å². The molecule has 0 atom stereocenters. The Morgan fingerprint density at radius 1 is 1.09 bits per heavy atom. The quantitative estimate of drug-likeness (QED) is 0.335. The lowest BCUT2D eigenvalue weighted by atomic mass is 10.2. The lowest BCUT2D eigenvalue weighted by molar-refractivity contribution is -0.192. The van der Waals surface area contributed by atoms with E-state index in [-0.39, 0.29) is 5.91 Å². The number of H-pyrrole nitrogens is 1. The number of aliphatic carboxylic acids is 1. The molecule has 0 unspecified atom stereocenters. The molecule has 3 N–H and O–H groups in total. The summed E-state index contributed by atoms with van der Waals surface area (Å²) in [5.74, 6) is -2.35. The van der Waals surface area contributed by atoms with Gasteiger partial charge in [0.2, 0.25) is 5.88 Å². The van der Waals surface area contributed by atoms with E-state index in [1.54, 1.807) is 48.7 Å². The van der Waals surface area contributed by atoms with Gasteiger partial charge in [-0.3, -0.25) is 9.89 Å². The van der Waals surface area contributed by atoms with Crippen molar-refractivity contribution in [3.8, 4) is 11.6 Å². The fourth-order valence-corrected chi connectivity index (χ4v) is 2.74. The second kappa shape index (κ2) is 10.4. The van der Waals surface area contributed by atoms with E-state index >= 15 is 0 Å². The standard InChI is InChI=1S/C18H11Cl2N5O2.C2HF3O2/c19-10-3-6-15(22-9-10)27-14-5-4-11(8-13(14)20)23-18(26)16-12-2-1-7-21-17(12)25-24-16;3-2(4,5)1(6)7/h1-9H,(H,23,26)(H,21,24,25);(H,6,7). The van der Waals surface area contributed by atoms with Crippen LogP contribution in [0.3, 0.4) is 0 Å². The molecule has 4 aromatic rings. The number of anilines is 1. The molecule has 0 aliphatic carbocycles. The van der Waals surface area contributed by atoms with Crippen LogP contribution >= 0.6 is 23.2 Å². The molecule has 9 nitrogen and oxygen atoms in total. The summed E-state index contributed by atoms with van der Waals surface area (Å²) >= 11 is 12.1. The first-order chi connectivity index (χ1) is 16.0. The van der Waals surface area contributed by atoms with Crippen LogP contribution in [-0.4, -0.2) is 43.3 Å². The smallest absolute Gasteiger partial charge is 0.475 e. The van der Waals surface area contributed by atoms with Gasteiger partial charge in [-0.15, -0.1) is 0 Å². The fourth-order valence-electron chi connectivity index (χ4n) is 2.41. The van der Waals surface area contributed by atoms with Crippen molar-refractivity contribution in [1.29, 1.82) is 0 Å². The lowest BCUT2D eigenvalue weighted by Gasteiger charge is -2.09. The summed E-state index contributed by atoms with van der Waals surface area (Å²) in [5.41, 5.74) is 1.30. The summed E-state index contributed by atoms with van der Waals surface area (Å²) in [4.78, 5) is 29.5. The highest BCUT2D eigenvalue weighted by Gasteiger charge is 2.38. The molecule has 34 heavy (non-hydrogen) atoms. The summed E-state index contributed by atoms with van der Waals surface area (Å²) in [6, 6.07) is 11.7. The first kappa shape index (κ1) is 24.7. The Morgan fingerprint density at radius 2 is 1.82 bits per heavy atom. The monoisotopic (exact) mass is 513 g/mol. The third kappa shape index (κ3) is 6.33. The molecule has 0 saturated heterocycles. The number of carboxylic acids is 1. The normalized spacial score (nSPS) is 10.9. The number of nitrogens with zero attached hydrogens (tertiary/aromatic N) is 3. The number of halogens is 5. The summed E-state index contributed by atoms with van der Waals surface area (Å²) in [5, 5.41) is 18.1. The van der Waals surface area contributed by atoms with Crippen LogP contribution in [0, 0.1) is 0 Å². The van der Waals surface area contributed by atoms with Crippen molar-refractivity contribution in [2.75, 3.05) is 5.32 Å². The van der Waals surface area contributed by atoms with Crippen LogP contribution in [-0.2, 0) is 4.79 Å². The molecule has 0 fully saturated rings. The van der Waals surface area contributed by atoms with Crippen LogP contribution in [0.15, 0.2) is 54.9 Å². The molecule has 3 aromatic heterocycles. The molecule has 0 saturated carbocycles. The largest absolute Gasteiger partial charge is 0.490 e. The molecule has 176 valence electrons. The number of aromatic amines is 1. The van der Waals surface area contributed by atoms with Crippen LogP contribution in [0.25, 0.3) is 11.0 Å². The van der Waals surface area contributed by atoms with Crippen LogP contribution in [0.5, 0.6) is 11.6 Å². The van der Waals surface area contributed by atoms with E-state index in [1.807, 2.05) is 0 Å². The van der Waals surface area contributed by atoms with E-state index < -0.39 is 12.1 Å². The van der Waals surface area contributed by atoms with Crippen LogP contribution in [0.1, 0.15) is 10.5 Å². The molecule has 1 aromatic carbocycles. The Morgan fingerprint density at radius 3 is 2.44 bits per heavy atom. The van der Waals surface area contributed by atoms with E-state index in [9.17, 15) is 18.0 Å². The van der Waals surface area contributed by atoms with E-state index in [0.29, 0.717) is 44.1 Å². The number of pyridine rings is 2. The molecule has 0 aliphatic rings. The number of aromatic nitrogens is 4. The highest BCUT2D eigenvalue weighted by Crippen LogP contribution is 2.31. The molecule has 0 spiro atoms. The highest BCUT2D eigenvalue weighted by molar-refractivity contribution is 6.32. The second-order valence-corrected chi connectivity index (χ2v) is 7.14. The average molecular weight is 514 g/mol. The average Bonchev–Trinajstić information content (AvgIpc) is 3.21. The van der Waals surface area contributed by atoms with Crippen molar-refractivity contribution >= 4 is 51.8 Å². The van der Waals surface area contributed by atoms with Gasteiger partial charge in [0.1, 0.15) is 11.4 Å². The molecule has 1 amide bonds. The molecular weight excluding hydrogens is 502 g/mol. The molecular formula is C20H12Cl2F3N5O4. The fraction of sp³-hybridized carbons (Fsp3) is 0.0500. The predicted molar refractivity (Wildman–Crippen MR) is 116 cm³/mol. The zero-order valence-electron chi connectivity index (χ0n) is 16.6. The number of benzene rings is 1. The Balaban J connectivity index is 0.000000406. The van der Waals surface area contributed by atoms with Gasteiger partial charge < -0.3 is 15.2 Å². The number of alkyl halides is 3. The first-order valence-corrected chi connectivity index (χ1v) is 9.79. The Labute approximate surface area is 198 Å². The van der Waals surface area contributed by atoms with Crippen LogP contribution < -0.4 is 10.1 Å². The Hall–Kier alpha value is -3.90.